The molecule has 0 unspecified atom stereocenters. The predicted octanol–water partition coefficient (Wildman–Crippen LogP) is 3.92. The third-order valence-electron chi connectivity index (χ3n) is 4.74. The van der Waals surface area contributed by atoms with Crippen LogP contribution in [0.4, 0.5) is 5.69 Å². The van der Waals surface area contributed by atoms with Gasteiger partial charge in [0.05, 0.1) is 6.04 Å². The number of pyridine rings is 1. The number of benzene rings is 2. The minimum Gasteiger partial charge on any atom is -0.381 e. The molecule has 0 fully saturated rings. The molecular weight excluding hydrogens is 408 g/mol. The first-order chi connectivity index (χ1) is 15.2. The molecule has 3 aromatic rings. The molecule has 6 nitrogen and oxygen atoms in total. The number of rotatable bonds is 11. The van der Waals surface area contributed by atoms with Crippen LogP contribution in [0.15, 0.2) is 73.1 Å². The number of aromatic nitrogens is 1. The predicted molar refractivity (Wildman–Crippen MR) is 127 cm³/mol. The molecule has 31 heavy (non-hydrogen) atoms. The summed E-state index contributed by atoms with van der Waals surface area (Å²) in [5, 5.41) is 3.38. The average Bonchev–Trinajstić information content (AvgIpc) is 2.83. The summed E-state index contributed by atoms with van der Waals surface area (Å²) in [6, 6.07) is 18.9. The zero-order chi connectivity index (χ0) is 21.9. The maximum Gasteiger partial charge on any atom is 0.266 e. The van der Waals surface area contributed by atoms with Gasteiger partial charge in [-0.15, -0.1) is 0 Å². The molecule has 160 valence electrons. The summed E-state index contributed by atoms with van der Waals surface area (Å²) in [4.78, 5) is 28.3. The number of hydrogen-bond acceptors (Lipinski definition) is 6. The number of anilines is 1. The minimum absolute atomic E-state index is 0.284. The molecule has 0 aliphatic carbocycles. The zero-order valence-electron chi connectivity index (χ0n) is 17.4. The Morgan fingerprint density at radius 1 is 1.13 bits per heavy atom. The number of hydrazine groups is 1. The number of thioether (sulfide) groups is 1. The molecule has 7 heteroatoms. The van der Waals surface area contributed by atoms with Crippen LogP contribution in [0.1, 0.15) is 22.3 Å². The molecule has 0 saturated heterocycles. The molecule has 1 heterocycles. The van der Waals surface area contributed by atoms with Gasteiger partial charge in [0.25, 0.3) is 5.91 Å². The van der Waals surface area contributed by atoms with Gasteiger partial charge in [0.1, 0.15) is 6.29 Å². The summed E-state index contributed by atoms with van der Waals surface area (Å²) in [6.45, 7) is 0.631. The van der Waals surface area contributed by atoms with E-state index in [2.05, 4.69) is 21.2 Å². The minimum atomic E-state index is -0.419. The van der Waals surface area contributed by atoms with Crippen LogP contribution in [0, 0.1) is 0 Å². The fraction of sp³-hybridized carbons (Fsp3) is 0.208. The van der Waals surface area contributed by atoms with Crippen molar-refractivity contribution in [3.8, 4) is 11.1 Å². The highest BCUT2D eigenvalue weighted by molar-refractivity contribution is 7.98. The fourth-order valence-electron chi connectivity index (χ4n) is 3.06. The molecule has 1 amide bonds. The second kappa shape index (κ2) is 11.9. The quantitative estimate of drug-likeness (QED) is 0.313. The molecular formula is C24H26N4O2S. The number of carbonyl (C=O) groups excluding carboxylic acids is 2. The van der Waals surface area contributed by atoms with Crippen LogP contribution in [0.2, 0.25) is 0 Å². The molecule has 0 spiro atoms. The first-order valence-electron chi connectivity index (χ1n) is 10.0. The van der Waals surface area contributed by atoms with Crippen molar-refractivity contribution in [2.24, 2.45) is 0 Å². The second-order valence-corrected chi connectivity index (χ2v) is 7.95. The SMILES string of the molecule is CSCC[C@H](C=O)NNC(=O)c1ccc(NCc2cccnc2)cc1-c1ccccc1. The summed E-state index contributed by atoms with van der Waals surface area (Å²) in [5.41, 5.74) is 9.77. The van der Waals surface area contributed by atoms with E-state index in [4.69, 9.17) is 0 Å². The average molecular weight is 435 g/mol. The largest absolute Gasteiger partial charge is 0.381 e. The topological polar surface area (TPSA) is 83.1 Å². The summed E-state index contributed by atoms with van der Waals surface area (Å²) in [5.74, 6) is 0.549. The Morgan fingerprint density at radius 2 is 1.97 bits per heavy atom. The van der Waals surface area contributed by atoms with Crippen molar-refractivity contribution in [1.82, 2.24) is 15.8 Å². The molecule has 0 radical (unpaired) electrons. The lowest BCUT2D eigenvalue weighted by atomic mass is 9.98. The number of amides is 1. The summed E-state index contributed by atoms with van der Waals surface area (Å²) in [6.07, 6.45) is 7.01. The molecule has 0 saturated carbocycles. The number of hydrogen-bond donors (Lipinski definition) is 3. The van der Waals surface area contributed by atoms with Gasteiger partial charge in [-0.05, 0) is 59.4 Å². The Labute approximate surface area is 186 Å². The zero-order valence-corrected chi connectivity index (χ0v) is 18.2. The van der Waals surface area contributed by atoms with Gasteiger partial charge in [-0.2, -0.15) is 11.8 Å². The maximum atomic E-state index is 12.9. The van der Waals surface area contributed by atoms with Crippen molar-refractivity contribution in [3.05, 3.63) is 84.2 Å². The van der Waals surface area contributed by atoms with E-state index < -0.39 is 6.04 Å². The smallest absolute Gasteiger partial charge is 0.266 e. The van der Waals surface area contributed by atoms with E-state index in [0.29, 0.717) is 18.5 Å². The highest BCUT2D eigenvalue weighted by Gasteiger charge is 2.15. The van der Waals surface area contributed by atoms with Crippen molar-refractivity contribution in [2.45, 2.75) is 19.0 Å². The van der Waals surface area contributed by atoms with E-state index in [0.717, 1.165) is 34.4 Å². The Morgan fingerprint density at radius 3 is 2.68 bits per heavy atom. The highest BCUT2D eigenvalue weighted by Crippen LogP contribution is 2.27. The van der Waals surface area contributed by atoms with Crippen molar-refractivity contribution >= 4 is 29.6 Å². The van der Waals surface area contributed by atoms with E-state index in [9.17, 15) is 9.59 Å². The van der Waals surface area contributed by atoms with Gasteiger partial charge < -0.3 is 10.1 Å². The summed E-state index contributed by atoms with van der Waals surface area (Å²) in [7, 11) is 0. The van der Waals surface area contributed by atoms with Gasteiger partial charge in [-0.1, -0.05) is 36.4 Å². The highest BCUT2D eigenvalue weighted by atomic mass is 32.2. The number of nitrogens with zero attached hydrogens (tertiary/aromatic N) is 1. The standard InChI is InChI=1S/C24H26N4O2S/c1-31-13-11-21(17-29)27-28-24(30)22-10-9-20(26-16-18-6-5-12-25-15-18)14-23(22)19-7-3-2-4-8-19/h2-10,12,14-15,17,21,26-27H,11,13,16H2,1H3,(H,28,30)/t21-/m1/s1. The van der Waals surface area contributed by atoms with Crippen molar-refractivity contribution in [1.29, 1.82) is 0 Å². The molecule has 0 aliphatic heterocycles. The third-order valence-corrected chi connectivity index (χ3v) is 5.38. The van der Waals surface area contributed by atoms with Gasteiger partial charge in [0.15, 0.2) is 0 Å². The Balaban J connectivity index is 1.78. The van der Waals surface area contributed by atoms with Gasteiger partial charge in [-0.25, -0.2) is 5.43 Å². The Hall–Kier alpha value is -3.16. The van der Waals surface area contributed by atoms with Gasteiger partial charge in [-0.3, -0.25) is 15.2 Å². The number of carbonyl (C=O) groups is 2. The molecule has 1 atom stereocenters. The van der Waals surface area contributed by atoms with Crippen LogP contribution in [0.3, 0.4) is 0 Å². The molecule has 1 aromatic heterocycles. The monoisotopic (exact) mass is 434 g/mol. The normalized spacial score (nSPS) is 11.5. The maximum absolute atomic E-state index is 12.9. The van der Waals surface area contributed by atoms with E-state index in [1.165, 1.54) is 0 Å². The van der Waals surface area contributed by atoms with Crippen LogP contribution >= 0.6 is 11.8 Å². The third kappa shape index (κ3) is 6.67. The van der Waals surface area contributed by atoms with E-state index in [1.807, 2.05) is 67.0 Å². The fourth-order valence-corrected chi connectivity index (χ4v) is 3.55. The van der Waals surface area contributed by atoms with Gasteiger partial charge in [0, 0.05) is 30.2 Å². The first kappa shape index (κ1) is 22.5. The molecule has 3 N–H and O–H groups in total. The second-order valence-electron chi connectivity index (χ2n) is 6.96. The van der Waals surface area contributed by atoms with Crippen LogP contribution in [0.25, 0.3) is 11.1 Å². The first-order valence-corrected chi connectivity index (χ1v) is 11.4. The lowest BCUT2D eigenvalue weighted by molar-refractivity contribution is -0.109. The van der Waals surface area contributed by atoms with Gasteiger partial charge in [0.2, 0.25) is 0 Å². The van der Waals surface area contributed by atoms with Gasteiger partial charge >= 0.3 is 0 Å². The van der Waals surface area contributed by atoms with Crippen LogP contribution in [0.5, 0.6) is 0 Å². The van der Waals surface area contributed by atoms with Crippen LogP contribution in [-0.2, 0) is 11.3 Å². The van der Waals surface area contributed by atoms with Crippen molar-refractivity contribution in [3.63, 3.8) is 0 Å². The van der Waals surface area contributed by atoms with E-state index >= 15 is 0 Å². The summed E-state index contributed by atoms with van der Waals surface area (Å²) < 4.78 is 0. The van der Waals surface area contributed by atoms with Crippen molar-refractivity contribution in [2.75, 3.05) is 17.3 Å². The Kier molecular flexibility index (Phi) is 8.63. The lowest BCUT2D eigenvalue weighted by Crippen LogP contribution is -2.45. The molecule has 0 aliphatic rings. The van der Waals surface area contributed by atoms with E-state index in [1.54, 1.807) is 24.0 Å². The number of nitrogens with one attached hydrogen (secondary N) is 3. The van der Waals surface area contributed by atoms with Crippen molar-refractivity contribution < 1.29 is 9.59 Å². The number of aldehydes is 1. The lowest BCUT2D eigenvalue weighted by Gasteiger charge is -2.16. The Bertz CT molecular complexity index is 983. The van der Waals surface area contributed by atoms with Crippen LogP contribution in [-0.4, -0.2) is 35.2 Å². The molecule has 3 rings (SSSR count). The van der Waals surface area contributed by atoms with Crippen LogP contribution < -0.4 is 16.2 Å². The molecule has 0 bridgehead atoms. The molecule has 2 aromatic carbocycles. The summed E-state index contributed by atoms with van der Waals surface area (Å²) >= 11 is 1.66. The van der Waals surface area contributed by atoms with E-state index in [-0.39, 0.29) is 5.91 Å².